The van der Waals surface area contributed by atoms with E-state index in [0.717, 1.165) is 5.69 Å². The van der Waals surface area contributed by atoms with Crippen LogP contribution in [-0.4, -0.2) is 40.0 Å². The van der Waals surface area contributed by atoms with E-state index in [2.05, 4.69) is 31.4 Å². The number of carbonyl (C=O) groups is 2. The molecule has 0 unspecified atom stereocenters. The zero-order valence-corrected chi connectivity index (χ0v) is 16.5. The molecule has 134 valence electrons. The fraction of sp³-hybridized carbons (Fsp3) is 0.389. The summed E-state index contributed by atoms with van der Waals surface area (Å²) in [5.41, 5.74) is 2.41. The van der Waals surface area contributed by atoms with E-state index in [1.54, 1.807) is 29.2 Å². The number of rotatable bonds is 6. The van der Waals surface area contributed by atoms with E-state index in [9.17, 15) is 9.59 Å². The molecule has 2 N–H and O–H groups in total. The van der Waals surface area contributed by atoms with Gasteiger partial charge in [-0.3, -0.25) is 14.7 Å². The predicted octanol–water partition coefficient (Wildman–Crippen LogP) is 4.03. The van der Waals surface area contributed by atoms with Crippen LogP contribution in [0.3, 0.4) is 0 Å². The molecule has 1 aromatic carbocycles. The van der Waals surface area contributed by atoms with E-state index >= 15 is 0 Å². The normalized spacial score (nSPS) is 10.8. The van der Waals surface area contributed by atoms with E-state index in [1.165, 1.54) is 0 Å². The molecule has 2 rings (SSSR count). The van der Waals surface area contributed by atoms with Crippen molar-refractivity contribution in [1.29, 1.82) is 0 Å². The van der Waals surface area contributed by atoms with E-state index in [1.807, 2.05) is 27.7 Å². The molecule has 0 fully saturated rings. The van der Waals surface area contributed by atoms with Crippen LogP contribution < -0.4 is 5.32 Å². The van der Waals surface area contributed by atoms with Crippen molar-refractivity contribution in [3.63, 3.8) is 0 Å². The number of aromatic amines is 1. The summed E-state index contributed by atoms with van der Waals surface area (Å²) in [4.78, 5) is 26.4. The van der Waals surface area contributed by atoms with Crippen molar-refractivity contribution in [3.05, 3.63) is 45.7 Å². The highest BCUT2D eigenvalue weighted by Gasteiger charge is 2.19. The van der Waals surface area contributed by atoms with Crippen molar-refractivity contribution in [2.24, 2.45) is 0 Å². The molecule has 1 aromatic heterocycles. The lowest BCUT2D eigenvalue weighted by atomic mass is 10.1. The van der Waals surface area contributed by atoms with E-state index < -0.39 is 0 Å². The third-order valence-electron chi connectivity index (χ3n) is 3.97. The van der Waals surface area contributed by atoms with Gasteiger partial charge in [0.15, 0.2) is 5.69 Å². The summed E-state index contributed by atoms with van der Waals surface area (Å²) >= 11 is 3.42. The van der Waals surface area contributed by atoms with Gasteiger partial charge in [0, 0.05) is 24.3 Å². The summed E-state index contributed by atoms with van der Waals surface area (Å²) in [7, 11) is 0. The van der Waals surface area contributed by atoms with Crippen LogP contribution in [0.15, 0.2) is 28.7 Å². The number of H-pyrrole nitrogens is 1. The molecular formula is C18H23BrN4O2. The molecule has 0 radical (unpaired) electrons. The number of halogens is 1. The Kier molecular flexibility index (Phi) is 6.36. The van der Waals surface area contributed by atoms with Gasteiger partial charge in [-0.05, 0) is 60.0 Å². The van der Waals surface area contributed by atoms with Gasteiger partial charge in [-0.15, -0.1) is 0 Å². The zero-order chi connectivity index (χ0) is 18.6. The van der Waals surface area contributed by atoms with E-state index in [4.69, 9.17) is 0 Å². The van der Waals surface area contributed by atoms with Crippen LogP contribution in [-0.2, 0) is 0 Å². The topological polar surface area (TPSA) is 78.1 Å². The number of carbonyl (C=O) groups excluding carboxylic acids is 2. The van der Waals surface area contributed by atoms with Crippen LogP contribution in [0.25, 0.3) is 0 Å². The summed E-state index contributed by atoms with van der Waals surface area (Å²) in [6.45, 7) is 9.27. The minimum Gasteiger partial charge on any atom is -0.339 e. The molecule has 0 aliphatic carbocycles. The molecule has 6 nitrogen and oxygen atoms in total. The average Bonchev–Trinajstić information content (AvgIpc) is 2.98. The highest BCUT2D eigenvalue weighted by atomic mass is 79.9. The van der Waals surface area contributed by atoms with Gasteiger partial charge in [-0.1, -0.05) is 13.8 Å². The molecule has 0 saturated heterocycles. The third-order valence-corrected chi connectivity index (χ3v) is 4.77. The fourth-order valence-electron chi connectivity index (χ4n) is 2.45. The van der Waals surface area contributed by atoms with Crippen molar-refractivity contribution in [2.45, 2.75) is 33.6 Å². The lowest BCUT2D eigenvalue weighted by Crippen LogP contribution is -2.30. The maximum Gasteiger partial charge on any atom is 0.277 e. The molecule has 1 heterocycles. The molecule has 0 saturated carbocycles. The second-order valence-corrected chi connectivity index (χ2v) is 6.76. The molecule has 0 bridgehead atoms. The maximum absolute atomic E-state index is 12.4. The first kappa shape index (κ1) is 19.2. The lowest BCUT2D eigenvalue weighted by Gasteiger charge is -2.18. The monoisotopic (exact) mass is 406 g/mol. The molecule has 0 aliphatic heterocycles. The SMILES string of the molecule is CCN(CC)C(=O)c1ccc(NC(=O)c2n[nH]c(C(C)C)c2Br)cc1. The van der Waals surface area contributed by atoms with Gasteiger partial charge in [0.25, 0.3) is 11.8 Å². The summed E-state index contributed by atoms with van der Waals surface area (Å²) in [6.07, 6.45) is 0. The Balaban J connectivity index is 2.11. The van der Waals surface area contributed by atoms with Crippen molar-refractivity contribution in [3.8, 4) is 0 Å². The number of amides is 2. The first-order chi connectivity index (χ1) is 11.9. The van der Waals surface area contributed by atoms with E-state index in [-0.39, 0.29) is 17.7 Å². The van der Waals surface area contributed by atoms with Gasteiger partial charge < -0.3 is 10.2 Å². The minimum absolute atomic E-state index is 0.0144. The average molecular weight is 407 g/mol. The molecule has 0 spiro atoms. The Morgan fingerprint density at radius 2 is 1.80 bits per heavy atom. The van der Waals surface area contributed by atoms with Gasteiger partial charge in [-0.2, -0.15) is 5.10 Å². The Hall–Kier alpha value is -2.15. The number of benzene rings is 1. The van der Waals surface area contributed by atoms with Crippen LogP contribution in [0.1, 0.15) is 60.2 Å². The Labute approximate surface area is 156 Å². The first-order valence-electron chi connectivity index (χ1n) is 8.33. The van der Waals surface area contributed by atoms with Crippen LogP contribution >= 0.6 is 15.9 Å². The number of nitrogens with zero attached hydrogens (tertiary/aromatic N) is 2. The minimum atomic E-state index is -0.308. The highest BCUT2D eigenvalue weighted by molar-refractivity contribution is 9.10. The number of hydrogen-bond acceptors (Lipinski definition) is 3. The van der Waals surface area contributed by atoms with Crippen molar-refractivity contribution < 1.29 is 9.59 Å². The van der Waals surface area contributed by atoms with Crippen LogP contribution in [0, 0.1) is 0 Å². The number of aromatic nitrogens is 2. The predicted molar refractivity (Wildman–Crippen MR) is 102 cm³/mol. The Morgan fingerprint density at radius 1 is 1.20 bits per heavy atom. The first-order valence-corrected chi connectivity index (χ1v) is 9.12. The lowest BCUT2D eigenvalue weighted by molar-refractivity contribution is 0.0773. The number of anilines is 1. The molecule has 2 aromatic rings. The van der Waals surface area contributed by atoms with Gasteiger partial charge in [0.1, 0.15) is 0 Å². The van der Waals surface area contributed by atoms with Crippen LogP contribution in [0.4, 0.5) is 5.69 Å². The number of nitrogens with one attached hydrogen (secondary N) is 2. The largest absolute Gasteiger partial charge is 0.339 e. The molecule has 0 atom stereocenters. The quantitative estimate of drug-likeness (QED) is 0.759. The standard InChI is InChI=1S/C18H23BrN4O2/c1-5-23(6-2)18(25)12-7-9-13(10-8-12)20-17(24)16-14(19)15(11(3)4)21-22-16/h7-11H,5-6H2,1-4H3,(H,20,24)(H,21,22). The smallest absolute Gasteiger partial charge is 0.277 e. The summed E-state index contributed by atoms with van der Waals surface area (Å²) in [5.74, 6) is -0.0915. The fourth-order valence-corrected chi connectivity index (χ4v) is 3.27. The summed E-state index contributed by atoms with van der Waals surface area (Å²) < 4.78 is 0.674. The van der Waals surface area contributed by atoms with Crippen LogP contribution in [0.2, 0.25) is 0 Å². The third kappa shape index (κ3) is 4.28. The highest BCUT2D eigenvalue weighted by Crippen LogP contribution is 2.26. The summed E-state index contributed by atoms with van der Waals surface area (Å²) in [6, 6.07) is 6.88. The van der Waals surface area contributed by atoms with Crippen LogP contribution in [0.5, 0.6) is 0 Å². The number of hydrogen-bond donors (Lipinski definition) is 2. The van der Waals surface area contributed by atoms with Gasteiger partial charge in [0.05, 0.1) is 10.2 Å². The molecular weight excluding hydrogens is 384 g/mol. The second kappa shape index (κ2) is 8.29. The van der Waals surface area contributed by atoms with Crippen molar-refractivity contribution >= 4 is 33.4 Å². The van der Waals surface area contributed by atoms with Crippen molar-refractivity contribution in [1.82, 2.24) is 15.1 Å². The molecule has 7 heteroatoms. The summed E-state index contributed by atoms with van der Waals surface area (Å²) in [5, 5.41) is 9.76. The molecule has 0 aliphatic rings. The zero-order valence-electron chi connectivity index (χ0n) is 14.9. The Morgan fingerprint density at radius 3 is 2.28 bits per heavy atom. The maximum atomic E-state index is 12.4. The molecule has 2 amide bonds. The van der Waals surface area contributed by atoms with Gasteiger partial charge in [-0.25, -0.2) is 0 Å². The van der Waals surface area contributed by atoms with Gasteiger partial charge in [0.2, 0.25) is 0 Å². The van der Waals surface area contributed by atoms with Gasteiger partial charge >= 0.3 is 0 Å². The Bertz CT molecular complexity index is 749. The second-order valence-electron chi connectivity index (χ2n) is 5.96. The van der Waals surface area contributed by atoms with Crippen molar-refractivity contribution in [2.75, 3.05) is 18.4 Å². The molecule has 25 heavy (non-hydrogen) atoms. The van der Waals surface area contributed by atoms with E-state index in [0.29, 0.717) is 34.5 Å².